The summed E-state index contributed by atoms with van der Waals surface area (Å²) in [7, 11) is 0. The number of amides is 1. The second kappa shape index (κ2) is 8.98. The van der Waals surface area contributed by atoms with Gasteiger partial charge in [0.2, 0.25) is 5.91 Å². The molecule has 1 fully saturated rings. The molecule has 6 N–H and O–H groups in total. The number of carbonyl (C=O) groups excluding carboxylic acids is 1. The average molecular weight is 368 g/mol. The van der Waals surface area contributed by atoms with Crippen molar-refractivity contribution in [1.82, 2.24) is 9.88 Å². The van der Waals surface area contributed by atoms with Gasteiger partial charge in [0.25, 0.3) is 0 Å². The Hall–Kier alpha value is -3.15. The standard InChI is InChI=1S/C19H22N4O2.C2H6/c1-2-18(25)23-9-5-7-16(23)15-11-12(19(21)22-15)10-14(20)13-6-3-4-8-17(13)24;1-2/h2-4,6,8,10-11,16,22,24H,1,5,7,9,20-21H2;1-2H3/b14-10-;. The first-order valence-electron chi connectivity index (χ1n) is 9.18. The molecule has 6 nitrogen and oxygen atoms in total. The van der Waals surface area contributed by atoms with Gasteiger partial charge in [-0.15, -0.1) is 0 Å². The number of nitrogen functional groups attached to an aromatic ring is 1. The van der Waals surface area contributed by atoms with Gasteiger partial charge < -0.3 is 26.5 Å². The topological polar surface area (TPSA) is 108 Å². The third kappa shape index (κ3) is 4.34. The summed E-state index contributed by atoms with van der Waals surface area (Å²) in [6.45, 7) is 8.27. The number of rotatable bonds is 4. The Balaban J connectivity index is 0.00000126. The Labute approximate surface area is 160 Å². The van der Waals surface area contributed by atoms with E-state index in [9.17, 15) is 9.90 Å². The first-order valence-corrected chi connectivity index (χ1v) is 9.18. The van der Waals surface area contributed by atoms with Gasteiger partial charge in [-0.2, -0.15) is 0 Å². The number of H-pyrrole nitrogens is 1. The van der Waals surface area contributed by atoms with Crippen LogP contribution in [0, 0.1) is 0 Å². The largest absolute Gasteiger partial charge is 0.507 e. The number of nitrogens with two attached hydrogens (primary N) is 2. The van der Waals surface area contributed by atoms with Crippen molar-refractivity contribution < 1.29 is 9.90 Å². The smallest absolute Gasteiger partial charge is 0.246 e. The van der Waals surface area contributed by atoms with E-state index in [2.05, 4.69) is 11.6 Å². The minimum absolute atomic E-state index is 0.0405. The Morgan fingerprint density at radius 3 is 2.74 bits per heavy atom. The van der Waals surface area contributed by atoms with E-state index in [0.29, 0.717) is 23.6 Å². The third-order valence-electron chi connectivity index (χ3n) is 4.50. The van der Waals surface area contributed by atoms with Crippen LogP contribution in [0.3, 0.4) is 0 Å². The predicted octanol–water partition coefficient (Wildman–Crippen LogP) is 3.64. The molecule has 27 heavy (non-hydrogen) atoms. The van der Waals surface area contributed by atoms with Crippen molar-refractivity contribution in [2.45, 2.75) is 32.7 Å². The van der Waals surface area contributed by atoms with Crippen molar-refractivity contribution in [2.75, 3.05) is 12.3 Å². The SMILES string of the molecule is C=CC(=O)N1CCCC1c1cc(/C=C(\N)c2ccccc2O)c(N)[nH]1.CC. The number of hydrogen-bond donors (Lipinski definition) is 4. The van der Waals surface area contributed by atoms with E-state index in [4.69, 9.17) is 11.5 Å². The third-order valence-corrected chi connectivity index (χ3v) is 4.50. The summed E-state index contributed by atoms with van der Waals surface area (Å²) in [5, 5.41) is 9.92. The van der Waals surface area contributed by atoms with Crippen LogP contribution in [0.2, 0.25) is 0 Å². The van der Waals surface area contributed by atoms with Gasteiger partial charge in [0.15, 0.2) is 0 Å². The Kier molecular flexibility index (Phi) is 6.71. The highest BCUT2D eigenvalue weighted by molar-refractivity contribution is 5.88. The number of aromatic hydroxyl groups is 1. The molecule has 0 radical (unpaired) electrons. The maximum absolute atomic E-state index is 12.0. The summed E-state index contributed by atoms with van der Waals surface area (Å²) in [6, 6.07) is 8.73. The van der Waals surface area contributed by atoms with Crippen molar-refractivity contribution in [3.8, 4) is 5.75 Å². The molecule has 1 saturated heterocycles. The zero-order valence-corrected chi connectivity index (χ0v) is 15.9. The number of aromatic nitrogens is 1. The molecule has 1 aromatic heterocycles. The second-order valence-corrected chi connectivity index (χ2v) is 6.10. The van der Waals surface area contributed by atoms with Crippen LogP contribution in [-0.4, -0.2) is 27.4 Å². The Bertz CT molecular complexity index is 838. The lowest BCUT2D eigenvalue weighted by Gasteiger charge is -2.22. The number of aromatic amines is 1. The minimum Gasteiger partial charge on any atom is -0.507 e. The van der Waals surface area contributed by atoms with Crippen molar-refractivity contribution in [2.24, 2.45) is 5.73 Å². The van der Waals surface area contributed by atoms with E-state index >= 15 is 0 Å². The summed E-state index contributed by atoms with van der Waals surface area (Å²) in [4.78, 5) is 16.9. The highest BCUT2D eigenvalue weighted by Crippen LogP contribution is 2.34. The van der Waals surface area contributed by atoms with Gasteiger partial charge in [0.1, 0.15) is 11.6 Å². The van der Waals surface area contributed by atoms with Crippen LogP contribution in [0.15, 0.2) is 43.0 Å². The Morgan fingerprint density at radius 2 is 2.07 bits per heavy atom. The van der Waals surface area contributed by atoms with Gasteiger partial charge in [-0.25, -0.2) is 0 Å². The van der Waals surface area contributed by atoms with Crippen LogP contribution in [0.25, 0.3) is 11.8 Å². The lowest BCUT2D eigenvalue weighted by atomic mass is 10.1. The molecule has 2 heterocycles. The molecule has 1 aliphatic rings. The van der Waals surface area contributed by atoms with E-state index < -0.39 is 0 Å². The number of carbonyl (C=O) groups is 1. The van der Waals surface area contributed by atoms with E-state index in [0.717, 1.165) is 24.1 Å². The highest BCUT2D eigenvalue weighted by atomic mass is 16.3. The van der Waals surface area contributed by atoms with E-state index in [1.54, 1.807) is 35.2 Å². The number of phenols is 1. The normalized spacial score (nSPS) is 16.6. The molecule has 144 valence electrons. The molecule has 3 rings (SSSR count). The van der Waals surface area contributed by atoms with Crippen molar-refractivity contribution >= 4 is 23.5 Å². The number of benzene rings is 1. The molecule has 6 heteroatoms. The van der Waals surface area contributed by atoms with E-state index in [1.165, 1.54) is 6.08 Å². The number of nitrogens with zero attached hydrogens (tertiary/aromatic N) is 1. The summed E-state index contributed by atoms with van der Waals surface area (Å²) in [5.74, 6) is 0.511. The molecule has 2 aromatic rings. The predicted molar refractivity (Wildman–Crippen MR) is 111 cm³/mol. The molecule has 1 unspecified atom stereocenters. The van der Waals surface area contributed by atoms with Crippen LogP contribution < -0.4 is 11.5 Å². The maximum atomic E-state index is 12.0. The number of nitrogens with one attached hydrogen (secondary N) is 1. The molecule has 1 atom stereocenters. The monoisotopic (exact) mass is 368 g/mol. The molecule has 0 aliphatic carbocycles. The minimum atomic E-state index is -0.0820. The lowest BCUT2D eigenvalue weighted by Crippen LogP contribution is -2.28. The molecular formula is C21H28N4O2. The summed E-state index contributed by atoms with van der Waals surface area (Å²) in [5.41, 5.74) is 14.8. The van der Waals surface area contributed by atoms with Crippen LogP contribution in [0.1, 0.15) is 49.6 Å². The van der Waals surface area contributed by atoms with E-state index in [-0.39, 0.29) is 17.7 Å². The summed E-state index contributed by atoms with van der Waals surface area (Å²) < 4.78 is 0. The van der Waals surface area contributed by atoms with Crippen LogP contribution >= 0.6 is 0 Å². The number of para-hydroxylation sites is 1. The fraction of sp³-hybridized carbons (Fsp3) is 0.286. The van der Waals surface area contributed by atoms with Crippen LogP contribution in [0.5, 0.6) is 5.75 Å². The van der Waals surface area contributed by atoms with Gasteiger partial charge in [0, 0.05) is 29.1 Å². The second-order valence-electron chi connectivity index (χ2n) is 6.10. The number of hydrogen-bond acceptors (Lipinski definition) is 4. The highest BCUT2D eigenvalue weighted by Gasteiger charge is 2.30. The molecule has 1 aliphatic heterocycles. The summed E-state index contributed by atoms with van der Waals surface area (Å²) >= 11 is 0. The first-order chi connectivity index (χ1) is 13.0. The number of anilines is 1. The molecule has 1 amide bonds. The average Bonchev–Trinajstić information content (AvgIpc) is 3.30. The van der Waals surface area contributed by atoms with E-state index in [1.807, 2.05) is 19.9 Å². The fourth-order valence-corrected chi connectivity index (χ4v) is 3.24. The molecule has 0 bridgehead atoms. The van der Waals surface area contributed by atoms with Crippen LogP contribution in [-0.2, 0) is 4.79 Å². The maximum Gasteiger partial charge on any atom is 0.246 e. The van der Waals surface area contributed by atoms with Gasteiger partial charge in [-0.05, 0) is 43.2 Å². The lowest BCUT2D eigenvalue weighted by molar-refractivity contribution is -0.126. The molecule has 0 saturated carbocycles. The molecule has 0 spiro atoms. The fourth-order valence-electron chi connectivity index (χ4n) is 3.24. The van der Waals surface area contributed by atoms with Gasteiger partial charge >= 0.3 is 0 Å². The van der Waals surface area contributed by atoms with Crippen LogP contribution in [0.4, 0.5) is 5.82 Å². The first kappa shape index (κ1) is 20.2. The molecule has 1 aromatic carbocycles. The van der Waals surface area contributed by atoms with Crippen molar-refractivity contribution in [1.29, 1.82) is 0 Å². The van der Waals surface area contributed by atoms with Gasteiger partial charge in [0.05, 0.1) is 6.04 Å². The zero-order valence-electron chi connectivity index (χ0n) is 15.9. The number of likely N-dealkylation sites (tertiary alicyclic amines) is 1. The number of phenolic OH excluding ortho intramolecular Hbond substituents is 1. The van der Waals surface area contributed by atoms with Crippen molar-refractivity contribution in [3.63, 3.8) is 0 Å². The quantitative estimate of drug-likeness (QED) is 0.618. The zero-order chi connectivity index (χ0) is 20.0. The van der Waals surface area contributed by atoms with Crippen molar-refractivity contribution in [3.05, 3.63) is 59.8 Å². The Morgan fingerprint density at radius 1 is 1.37 bits per heavy atom. The van der Waals surface area contributed by atoms with Gasteiger partial charge in [-0.1, -0.05) is 32.6 Å². The summed E-state index contributed by atoms with van der Waals surface area (Å²) in [6.07, 6.45) is 4.87. The molecular weight excluding hydrogens is 340 g/mol. The van der Waals surface area contributed by atoms with Gasteiger partial charge in [-0.3, -0.25) is 4.79 Å².